The van der Waals surface area contributed by atoms with Crippen molar-refractivity contribution in [2.75, 3.05) is 33.4 Å². The van der Waals surface area contributed by atoms with Gasteiger partial charge >= 0.3 is 0 Å². The Morgan fingerprint density at radius 3 is 2.77 bits per heavy atom. The topological polar surface area (TPSA) is 84.9 Å². The SMILES string of the molecule is CCOc1ccc2ccccc2c1/C=C1\SC(=O)N(CC(=O)NCCCOC)C1=O. The van der Waals surface area contributed by atoms with Gasteiger partial charge in [0.1, 0.15) is 12.3 Å². The second kappa shape index (κ2) is 10.3. The Bertz CT molecular complexity index is 989. The molecule has 0 spiro atoms. The highest BCUT2D eigenvalue weighted by Gasteiger charge is 2.36. The first-order valence-electron chi connectivity index (χ1n) is 9.70. The molecule has 0 aliphatic carbocycles. The molecule has 3 rings (SSSR count). The minimum absolute atomic E-state index is 0.268. The van der Waals surface area contributed by atoms with E-state index in [9.17, 15) is 14.4 Å². The van der Waals surface area contributed by atoms with Crippen molar-refractivity contribution in [1.82, 2.24) is 10.2 Å². The van der Waals surface area contributed by atoms with E-state index in [0.717, 1.165) is 33.0 Å². The number of methoxy groups -OCH3 is 1. The zero-order valence-electron chi connectivity index (χ0n) is 17.0. The summed E-state index contributed by atoms with van der Waals surface area (Å²) in [7, 11) is 1.58. The minimum atomic E-state index is -0.479. The van der Waals surface area contributed by atoms with Crippen LogP contribution in [0.2, 0.25) is 0 Å². The van der Waals surface area contributed by atoms with Gasteiger partial charge in [-0.2, -0.15) is 0 Å². The van der Waals surface area contributed by atoms with Crippen LogP contribution in [0.25, 0.3) is 16.8 Å². The summed E-state index contributed by atoms with van der Waals surface area (Å²) in [4.78, 5) is 38.5. The molecule has 0 radical (unpaired) electrons. The van der Waals surface area contributed by atoms with E-state index in [4.69, 9.17) is 9.47 Å². The van der Waals surface area contributed by atoms with E-state index in [-0.39, 0.29) is 17.4 Å². The van der Waals surface area contributed by atoms with Crippen molar-refractivity contribution in [1.29, 1.82) is 0 Å². The van der Waals surface area contributed by atoms with Crippen molar-refractivity contribution < 1.29 is 23.9 Å². The van der Waals surface area contributed by atoms with E-state index in [1.165, 1.54) is 0 Å². The summed E-state index contributed by atoms with van der Waals surface area (Å²) >= 11 is 0.829. The van der Waals surface area contributed by atoms with Gasteiger partial charge in [0.15, 0.2) is 0 Å². The van der Waals surface area contributed by atoms with Crippen LogP contribution in [0, 0.1) is 0 Å². The fourth-order valence-corrected chi connectivity index (χ4v) is 3.94. The van der Waals surface area contributed by atoms with Crippen LogP contribution < -0.4 is 10.1 Å². The second-order valence-corrected chi connectivity index (χ2v) is 7.59. The Morgan fingerprint density at radius 2 is 2.00 bits per heavy atom. The molecule has 1 heterocycles. The molecule has 7 nitrogen and oxygen atoms in total. The lowest BCUT2D eigenvalue weighted by Gasteiger charge is -2.13. The van der Waals surface area contributed by atoms with Crippen LogP contribution in [0.15, 0.2) is 41.3 Å². The predicted molar refractivity (Wildman–Crippen MR) is 117 cm³/mol. The highest BCUT2D eigenvalue weighted by Crippen LogP contribution is 2.36. The van der Waals surface area contributed by atoms with Gasteiger partial charge in [0.2, 0.25) is 5.91 Å². The molecule has 2 aromatic rings. The van der Waals surface area contributed by atoms with E-state index in [2.05, 4.69) is 5.32 Å². The fraction of sp³-hybridized carbons (Fsp3) is 0.318. The third-order valence-corrected chi connectivity index (χ3v) is 5.44. The third-order valence-electron chi connectivity index (χ3n) is 4.53. The summed E-state index contributed by atoms with van der Waals surface area (Å²) in [6.07, 6.45) is 2.33. The standard InChI is InChI=1S/C22H24N2O5S/c1-3-29-18-10-9-15-7-4-5-8-16(15)17(18)13-19-21(26)24(22(27)30-19)14-20(25)23-11-6-12-28-2/h4-5,7-10,13H,3,6,11-12,14H2,1-2H3,(H,23,25)/b19-13-. The molecule has 0 aromatic heterocycles. The van der Waals surface area contributed by atoms with Crippen LogP contribution in [0.5, 0.6) is 5.75 Å². The number of amides is 3. The zero-order chi connectivity index (χ0) is 21.5. The zero-order valence-corrected chi connectivity index (χ0v) is 17.8. The minimum Gasteiger partial charge on any atom is -0.493 e. The van der Waals surface area contributed by atoms with Gasteiger partial charge in [-0.1, -0.05) is 30.3 Å². The summed E-state index contributed by atoms with van der Waals surface area (Å²) in [5.41, 5.74) is 0.740. The number of thioether (sulfide) groups is 1. The Morgan fingerprint density at radius 1 is 1.20 bits per heavy atom. The third kappa shape index (κ3) is 5.01. The Hall–Kier alpha value is -2.84. The van der Waals surface area contributed by atoms with Gasteiger partial charge in [0.05, 0.1) is 11.5 Å². The Balaban J connectivity index is 1.82. The lowest BCUT2D eigenvalue weighted by molar-refractivity contribution is -0.129. The van der Waals surface area contributed by atoms with Crippen molar-refractivity contribution in [2.45, 2.75) is 13.3 Å². The van der Waals surface area contributed by atoms with Gasteiger partial charge in [-0.15, -0.1) is 0 Å². The monoisotopic (exact) mass is 428 g/mol. The van der Waals surface area contributed by atoms with Crippen molar-refractivity contribution in [2.24, 2.45) is 0 Å². The lowest BCUT2D eigenvalue weighted by Crippen LogP contribution is -2.39. The molecule has 0 unspecified atom stereocenters. The number of carbonyl (C=O) groups is 3. The maximum absolute atomic E-state index is 12.8. The fourth-order valence-electron chi connectivity index (χ4n) is 3.12. The molecule has 0 saturated carbocycles. The molecule has 30 heavy (non-hydrogen) atoms. The molecule has 0 bridgehead atoms. The first kappa shape index (κ1) is 21.9. The van der Waals surface area contributed by atoms with Crippen LogP contribution in [0.3, 0.4) is 0 Å². The molecular weight excluding hydrogens is 404 g/mol. The number of hydrogen-bond donors (Lipinski definition) is 1. The van der Waals surface area contributed by atoms with Crippen LogP contribution in [-0.4, -0.2) is 55.4 Å². The summed E-state index contributed by atoms with van der Waals surface area (Å²) < 4.78 is 10.7. The summed E-state index contributed by atoms with van der Waals surface area (Å²) in [5.74, 6) is -0.221. The van der Waals surface area contributed by atoms with Crippen molar-refractivity contribution in [3.8, 4) is 5.75 Å². The van der Waals surface area contributed by atoms with Gasteiger partial charge in [0, 0.05) is 25.8 Å². The highest BCUT2D eigenvalue weighted by atomic mass is 32.2. The molecule has 3 amide bonds. The van der Waals surface area contributed by atoms with E-state index in [0.29, 0.717) is 31.9 Å². The number of benzene rings is 2. The van der Waals surface area contributed by atoms with Crippen LogP contribution in [-0.2, 0) is 14.3 Å². The Kier molecular flexibility index (Phi) is 7.48. The lowest BCUT2D eigenvalue weighted by atomic mass is 10.0. The number of nitrogens with one attached hydrogen (secondary N) is 1. The summed E-state index contributed by atoms with van der Waals surface area (Å²) in [5, 5.41) is 4.15. The molecular formula is C22H24N2O5S. The first-order valence-corrected chi connectivity index (χ1v) is 10.5. The van der Waals surface area contributed by atoms with Crippen LogP contribution in [0.1, 0.15) is 18.9 Å². The molecule has 1 aliphatic heterocycles. The van der Waals surface area contributed by atoms with E-state index < -0.39 is 11.1 Å². The van der Waals surface area contributed by atoms with Crippen molar-refractivity contribution in [3.05, 3.63) is 46.9 Å². The Labute approximate surface area is 179 Å². The number of nitrogens with zero attached hydrogens (tertiary/aromatic N) is 1. The van der Waals surface area contributed by atoms with Gasteiger partial charge in [0.25, 0.3) is 11.1 Å². The van der Waals surface area contributed by atoms with E-state index in [1.807, 2.05) is 43.3 Å². The first-order chi connectivity index (χ1) is 14.5. The molecule has 1 N–H and O–H groups in total. The molecule has 2 aromatic carbocycles. The normalized spacial score (nSPS) is 15.3. The maximum Gasteiger partial charge on any atom is 0.294 e. The van der Waals surface area contributed by atoms with Crippen LogP contribution in [0.4, 0.5) is 4.79 Å². The average Bonchev–Trinajstić information content (AvgIpc) is 3.00. The smallest absolute Gasteiger partial charge is 0.294 e. The molecule has 1 fully saturated rings. The number of carbonyl (C=O) groups excluding carboxylic acids is 3. The van der Waals surface area contributed by atoms with Gasteiger partial charge in [-0.3, -0.25) is 19.3 Å². The average molecular weight is 429 g/mol. The number of ether oxygens (including phenoxy) is 2. The molecule has 158 valence electrons. The number of hydrogen-bond acceptors (Lipinski definition) is 6. The van der Waals surface area contributed by atoms with Gasteiger partial charge in [-0.05, 0) is 48.0 Å². The predicted octanol–water partition coefficient (Wildman–Crippen LogP) is 3.43. The number of imide groups is 1. The highest BCUT2D eigenvalue weighted by molar-refractivity contribution is 8.18. The van der Waals surface area contributed by atoms with Crippen molar-refractivity contribution in [3.63, 3.8) is 0 Å². The number of fused-ring (bicyclic) bond motifs is 1. The molecule has 8 heteroatoms. The maximum atomic E-state index is 12.8. The van der Waals surface area contributed by atoms with E-state index in [1.54, 1.807) is 13.2 Å². The largest absolute Gasteiger partial charge is 0.493 e. The molecule has 1 saturated heterocycles. The quantitative estimate of drug-likeness (QED) is 0.487. The second-order valence-electron chi connectivity index (χ2n) is 6.60. The van der Waals surface area contributed by atoms with Crippen molar-refractivity contribution >= 4 is 45.7 Å². The molecule has 0 atom stereocenters. The summed E-state index contributed by atoms with van der Waals surface area (Å²) in [6, 6.07) is 11.6. The van der Waals surface area contributed by atoms with E-state index >= 15 is 0 Å². The number of rotatable bonds is 9. The van der Waals surface area contributed by atoms with Crippen LogP contribution >= 0.6 is 11.8 Å². The van der Waals surface area contributed by atoms with Gasteiger partial charge < -0.3 is 14.8 Å². The molecule has 1 aliphatic rings. The summed E-state index contributed by atoms with van der Waals surface area (Å²) in [6.45, 7) is 3.01. The van der Waals surface area contributed by atoms with Gasteiger partial charge in [-0.25, -0.2) is 0 Å².